The van der Waals surface area contributed by atoms with Gasteiger partial charge in [-0.1, -0.05) is 25.1 Å². The van der Waals surface area contributed by atoms with Gasteiger partial charge < -0.3 is 9.73 Å². The highest BCUT2D eigenvalue weighted by Gasteiger charge is 2.12. The van der Waals surface area contributed by atoms with Crippen molar-refractivity contribution in [3.05, 3.63) is 47.9 Å². The molecule has 0 unspecified atom stereocenters. The van der Waals surface area contributed by atoms with Gasteiger partial charge in [0.25, 0.3) is 0 Å². The first-order valence-electron chi connectivity index (χ1n) is 6.50. The first-order chi connectivity index (χ1) is 9.28. The fraction of sp³-hybridized carbons (Fsp3) is 0.267. The summed E-state index contributed by atoms with van der Waals surface area (Å²) in [5.74, 6) is 1.93. The quantitative estimate of drug-likeness (QED) is 0.777. The fourth-order valence-corrected chi connectivity index (χ4v) is 2.32. The van der Waals surface area contributed by atoms with Gasteiger partial charge in [-0.05, 0) is 6.07 Å². The molecule has 0 aliphatic heterocycles. The number of para-hydroxylation sites is 1. The van der Waals surface area contributed by atoms with Crippen LogP contribution in [0, 0.1) is 0 Å². The molecule has 0 atom stereocenters. The SMILES string of the molecule is CCc1oc2ccccc2c1CNc1ccn(C)n1. The number of aromatic nitrogens is 2. The zero-order valence-electron chi connectivity index (χ0n) is 11.2. The first-order valence-corrected chi connectivity index (χ1v) is 6.50. The zero-order valence-corrected chi connectivity index (χ0v) is 11.2. The average molecular weight is 255 g/mol. The van der Waals surface area contributed by atoms with Crippen LogP contribution in [0.25, 0.3) is 11.0 Å². The second-order valence-electron chi connectivity index (χ2n) is 4.58. The molecule has 0 saturated carbocycles. The molecule has 4 nitrogen and oxygen atoms in total. The lowest BCUT2D eigenvalue weighted by Gasteiger charge is -2.03. The van der Waals surface area contributed by atoms with Crippen molar-refractivity contribution >= 4 is 16.8 Å². The first kappa shape index (κ1) is 11.8. The lowest BCUT2D eigenvalue weighted by atomic mass is 10.1. The van der Waals surface area contributed by atoms with E-state index in [9.17, 15) is 0 Å². The molecule has 3 rings (SSSR count). The third-order valence-corrected chi connectivity index (χ3v) is 3.26. The van der Waals surface area contributed by atoms with Gasteiger partial charge in [0.2, 0.25) is 0 Å². The maximum Gasteiger partial charge on any atom is 0.148 e. The summed E-state index contributed by atoms with van der Waals surface area (Å²) >= 11 is 0. The highest BCUT2D eigenvalue weighted by atomic mass is 16.3. The lowest BCUT2D eigenvalue weighted by Crippen LogP contribution is -2.02. The molecule has 1 N–H and O–H groups in total. The van der Waals surface area contributed by atoms with Crippen LogP contribution in [0.1, 0.15) is 18.2 Å². The molecule has 1 aromatic carbocycles. The van der Waals surface area contributed by atoms with Gasteiger partial charge in [-0.2, -0.15) is 5.10 Å². The van der Waals surface area contributed by atoms with Crippen LogP contribution in [-0.2, 0) is 20.0 Å². The van der Waals surface area contributed by atoms with E-state index in [1.165, 1.54) is 10.9 Å². The monoisotopic (exact) mass is 255 g/mol. The van der Waals surface area contributed by atoms with Crippen molar-refractivity contribution < 1.29 is 4.42 Å². The summed E-state index contributed by atoms with van der Waals surface area (Å²) in [6.07, 6.45) is 2.82. The summed E-state index contributed by atoms with van der Waals surface area (Å²) < 4.78 is 7.66. The molecular formula is C15H17N3O. The van der Waals surface area contributed by atoms with E-state index in [0.29, 0.717) is 0 Å². The smallest absolute Gasteiger partial charge is 0.148 e. The van der Waals surface area contributed by atoms with Crippen molar-refractivity contribution in [1.29, 1.82) is 0 Å². The van der Waals surface area contributed by atoms with E-state index in [-0.39, 0.29) is 0 Å². The van der Waals surface area contributed by atoms with Crippen LogP contribution in [0.5, 0.6) is 0 Å². The van der Waals surface area contributed by atoms with E-state index in [4.69, 9.17) is 4.42 Å². The minimum Gasteiger partial charge on any atom is -0.461 e. The van der Waals surface area contributed by atoms with Gasteiger partial charge in [0, 0.05) is 43.2 Å². The predicted octanol–water partition coefficient (Wildman–Crippen LogP) is 3.34. The van der Waals surface area contributed by atoms with Gasteiger partial charge >= 0.3 is 0 Å². The van der Waals surface area contributed by atoms with E-state index in [1.807, 2.05) is 37.5 Å². The summed E-state index contributed by atoms with van der Waals surface area (Å²) in [6, 6.07) is 10.1. The van der Waals surface area contributed by atoms with Crippen molar-refractivity contribution in [2.45, 2.75) is 19.9 Å². The number of rotatable bonds is 4. The normalized spacial score (nSPS) is 11.1. The predicted molar refractivity (Wildman–Crippen MR) is 76.1 cm³/mol. The van der Waals surface area contributed by atoms with Crippen molar-refractivity contribution in [3.63, 3.8) is 0 Å². The van der Waals surface area contributed by atoms with Gasteiger partial charge in [-0.25, -0.2) is 0 Å². The van der Waals surface area contributed by atoms with Gasteiger partial charge in [-0.3, -0.25) is 4.68 Å². The van der Waals surface area contributed by atoms with Crippen LogP contribution in [0.2, 0.25) is 0 Å². The number of hydrogen-bond donors (Lipinski definition) is 1. The van der Waals surface area contributed by atoms with Gasteiger partial charge in [-0.15, -0.1) is 0 Å². The number of benzene rings is 1. The highest BCUT2D eigenvalue weighted by Crippen LogP contribution is 2.26. The van der Waals surface area contributed by atoms with Crippen LogP contribution in [0.15, 0.2) is 40.9 Å². The molecule has 0 fully saturated rings. The number of aryl methyl sites for hydroxylation is 2. The Labute approximate surface area is 112 Å². The Kier molecular flexibility index (Phi) is 2.99. The molecule has 0 spiro atoms. The second-order valence-corrected chi connectivity index (χ2v) is 4.58. The molecule has 0 saturated heterocycles. The molecule has 98 valence electrons. The van der Waals surface area contributed by atoms with Crippen molar-refractivity contribution in [3.8, 4) is 0 Å². The molecule has 2 aromatic heterocycles. The van der Waals surface area contributed by atoms with Gasteiger partial charge in [0.1, 0.15) is 17.2 Å². The van der Waals surface area contributed by atoms with E-state index in [1.54, 1.807) is 4.68 Å². The molecule has 0 amide bonds. The van der Waals surface area contributed by atoms with E-state index in [2.05, 4.69) is 23.4 Å². The van der Waals surface area contributed by atoms with Crippen LogP contribution >= 0.6 is 0 Å². The van der Waals surface area contributed by atoms with Crippen LogP contribution < -0.4 is 5.32 Å². The Morgan fingerprint density at radius 1 is 1.26 bits per heavy atom. The Bertz CT molecular complexity index is 696. The third-order valence-electron chi connectivity index (χ3n) is 3.26. The van der Waals surface area contributed by atoms with Crippen LogP contribution in [0.3, 0.4) is 0 Å². The lowest BCUT2D eigenvalue weighted by molar-refractivity contribution is 0.551. The molecule has 0 aliphatic rings. The molecule has 19 heavy (non-hydrogen) atoms. The minimum atomic E-state index is 0.733. The number of nitrogens with zero attached hydrogens (tertiary/aromatic N) is 2. The number of furan rings is 1. The third kappa shape index (κ3) is 2.21. The average Bonchev–Trinajstić information content (AvgIpc) is 2.99. The topological polar surface area (TPSA) is 43.0 Å². The molecule has 4 heteroatoms. The molecule has 2 heterocycles. The van der Waals surface area contributed by atoms with E-state index in [0.717, 1.165) is 30.1 Å². The largest absolute Gasteiger partial charge is 0.461 e. The zero-order chi connectivity index (χ0) is 13.2. The Morgan fingerprint density at radius 3 is 2.84 bits per heavy atom. The summed E-state index contributed by atoms with van der Waals surface area (Å²) in [6.45, 7) is 2.85. The Morgan fingerprint density at radius 2 is 2.11 bits per heavy atom. The van der Waals surface area contributed by atoms with Crippen LogP contribution in [0.4, 0.5) is 5.82 Å². The summed E-state index contributed by atoms with van der Waals surface area (Å²) in [5.41, 5.74) is 2.18. The van der Waals surface area contributed by atoms with E-state index >= 15 is 0 Å². The summed E-state index contributed by atoms with van der Waals surface area (Å²) in [4.78, 5) is 0. The number of anilines is 1. The van der Waals surface area contributed by atoms with Crippen molar-refractivity contribution in [2.75, 3.05) is 5.32 Å². The van der Waals surface area contributed by atoms with Crippen molar-refractivity contribution in [1.82, 2.24) is 9.78 Å². The Balaban J connectivity index is 1.90. The molecule has 3 aromatic rings. The summed E-state index contributed by atoms with van der Waals surface area (Å²) in [5, 5.41) is 8.85. The highest BCUT2D eigenvalue weighted by molar-refractivity contribution is 5.82. The number of fused-ring (bicyclic) bond motifs is 1. The second kappa shape index (κ2) is 4.80. The molecular weight excluding hydrogens is 238 g/mol. The summed E-state index contributed by atoms with van der Waals surface area (Å²) in [7, 11) is 1.91. The maximum absolute atomic E-state index is 5.88. The van der Waals surface area contributed by atoms with Gasteiger partial charge in [0.05, 0.1) is 0 Å². The molecule has 0 radical (unpaired) electrons. The number of hydrogen-bond acceptors (Lipinski definition) is 3. The van der Waals surface area contributed by atoms with Gasteiger partial charge in [0.15, 0.2) is 0 Å². The maximum atomic E-state index is 5.88. The standard InChI is InChI=1S/C15H17N3O/c1-3-13-12(10-16-15-8-9-18(2)17-15)11-6-4-5-7-14(11)19-13/h4-9H,3,10H2,1-2H3,(H,16,17). The Hall–Kier alpha value is -2.23. The number of nitrogens with one attached hydrogen (secondary N) is 1. The molecule has 0 bridgehead atoms. The minimum absolute atomic E-state index is 0.733. The fourth-order valence-electron chi connectivity index (χ4n) is 2.32. The van der Waals surface area contributed by atoms with E-state index < -0.39 is 0 Å². The molecule has 0 aliphatic carbocycles. The van der Waals surface area contributed by atoms with Crippen molar-refractivity contribution in [2.24, 2.45) is 7.05 Å². The van der Waals surface area contributed by atoms with Crippen LogP contribution in [-0.4, -0.2) is 9.78 Å².